The quantitative estimate of drug-likeness (QED) is 0.675. The number of primary sulfonamides is 1. The molecular formula is C21H27ClN4O3S. The average Bonchev–Trinajstić information content (AvgIpc) is 2.93. The van der Waals surface area contributed by atoms with Crippen molar-refractivity contribution in [2.45, 2.75) is 24.3 Å². The van der Waals surface area contributed by atoms with Crippen molar-refractivity contribution in [1.29, 1.82) is 0 Å². The van der Waals surface area contributed by atoms with Gasteiger partial charge in [0.05, 0.1) is 4.90 Å². The number of amides is 1. The minimum absolute atomic E-state index is 0.0198. The van der Waals surface area contributed by atoms with E-state index in [0.717, 1.165) is 44.2 Å². The molecule has 3 rings (SSSR count). The topological polar surface area (TPSA) is 95.7 Å². The third-order valence-electron chi connectivity index (χ3n) is 5.10. The van der Waals surface area contributed by atoms with Crippen LogP contribution < -0.4 is 10.5 Å². The fourth-order valence-electron chi connectivity index (χ4n) is 3.49. The Morgan fingerprint density at radius 1 is 1.03 bits per heavy atom. The second-order valence-corrected chi connectivity index (χ2v) is 9.47. The summed E-state index contributed by atoms with van der Waals surface area (Å²) in [6.45, 7) is 5.38. The molecule has 1 aliphatic rings. The molecule has 0 spiro atoms. The number of nitrogens with two attached hydrogens (primary N) is 1. The molecule has 1 aliphatic heterocycles. The van der Waals surface area contributed by atoms with Crippen LogP contribution in [0.25, 0.3) is 0 Å². The van der Waals surface area contributed by atoms with E-state index >= 15 is 0 Å². The summed E-state index contributed by atoms with van der Waals surface area (Å²) < 4.78 is 22.9. The summed E-state index contributed by atoms with van der Waals surface area (Å²) in [5, 5.41) is 8.63. The number of carbonyl (C=O) groups is 1. The molecule has 1 saturated heterocycles. The molecule has 0 bridgehead atoms. The smallest absolute Gasteiger partial charge is 0.238 e. The van der Waals surface area contributed by atoms with Gasteiger partial charge in [-0.2, -0.15) is 0 Å². The standard InChI is InChI=1S/C21H27ClN4O3S/c22-18-7-5-17(6-8-18)16-26-11-2-10-25(13-14-26)12-9-21(27)24-19-3-1-4-20(15-19)30(23,28)29/h1,3-8,15H,2,9-14,16H2,(H,24,27)(H2,23,28,29). The SMILES string of the molecule is NS(=O)(=O)c1cccc(NC(=O)CCN2CCCN(Cc3ccc(Cl)cc3)CC2)c1. The zero-order chi connectivity index (χ0) is 21.6. The Morgan fingerprint density at radius 2 is 1.73 bits per heavy atom. The Balaban J connectivity index is 1.45. The first-order valence-corrected chi connectivity index (χ1v) is 11.8. The molecule has 1 amide bonds. The van der Waals surface area contributed by atoms with E-state index in [4.69, 9.17) is 16.7 Å². The highest BCUT2D eigenvalue weighted by atomic mass is 35.5. The van der Waals surface area contributed by atoms with E-state index in [2.05, 4.69) is 27.2 Å². The van der Waals surface area contributed by atoms with Crippen LogP contribution in [0.2, 0.25) is 5.02 Å². The van der Waals surface area contributed by atoms with Gasteiger partial charge in [-0.1, -0.05) is 29.8 Å². The molecular weight excluding hydrogens is 424 g/mol. The van der Waals surface area contributed by atoms with Crippen molar-refractivity contribution in [2.75, 3.05) is 38.0 Å². The minimum atomic E-state index is -3.80. The molecule has 0 aliphatic carbocycles. The zero-order valence-electron chi connectivity index (χ0n) is 16.8. The van der Waals surface area contributed by atoms with Crippen molar-refractivity contribution < 1.29 is 13.2 Å². The van der Waals surface area contributed by atoms with Crippen molar-refractivity contribution in [2.24, 2.45) is 5.14 Å². The summed E-state index contributed by atoms with van der Waals surface area (Å²) in [5.74, 6) is -0.149. The van der Waals surface area contributed by atoms with Gasteiger partial charge in [0.15, 0.2) is 0 Å². The summed E-state index contributed by atoms with van der Waals surface area (Å²) >= 11 is 5.95. The highest BCUT2D eigenvalue weighted by molar-refractivity contribution is 7.89. The maximum atomic E-state index is 12.3. The normalized spacial score (nSPS) is 16.2. The molecule has 0 saturated carbocycles. The van der Waals surface area contributed by atoms with Crippen LogP contribution in [0.1, 0.15) is 18.4 Å². The lowest BCUT2D eigenvalue weighted by Crippen LogP contribution is -2.32. The molecule has 0 atom stereocenters. The van der Waals surface area contributed by atoms with E-state index in [0.29, 0.717) is 18.7 Å². The lowest BCUT2D eigenvalue weighted by Gasteiger charge is -2.21. The molecule has 2 aromatic carbocycles. The number of hydrogen-bond donors (Lipinski definition) is 2. The van der Waals surface area contributed by atoms with Gasteiger partial charge in [0.1, 0.15) is 0 Å². The first-order chi connectivity index (χ1) is 14.3. The highest BCUT2D eigenvalue weighted by Crippen LogP contribution is 2.15. The molecule has 0 radical (unpaired) electrons. The molecule has 9 heteroatoms. The number of benzene rings is 2. The molecule has 162 valence electrons. The van der Waals surface area contributed by atoms with Gasteiger partial charge in [-0.05, 0) is 55.4 Å². The third-order valence-corrected chi connectivity index (χ3v) is 6.26. The molecule has 3 N–H and O–H groups in total. The van der Waals surface area contributed by atoms with Crippen LogP contribution in [-0.4, -0.2) is 56.8 Å². The van der Waals surface area contributed by atoms with Gasteiger partial charge in [0, 0.05) is 43.3 Å². The fourth-order valence-corrected chi connectivity index (χ4v) is 4.17. The molecule has 1 heterocycles. The Labute approximate surface area is 182 Å². The minimum Gasteiger partial charge on any atom is -0.326 e. The molecule has 30 heavy (non-hydrogen) atoms. The summed E-state index contributed by atoms with van der Waals surface area (Å²) in [5.41, 5.74) is 1.67. The monoisotopic (exact) mass is 450 g/mol. The number of sulfonamides is 1. The van der Waals surface area contributed by atoms with Gasteiger partial charge in [-0.25, -0.2) is 13.6 Å². The van der Waals surface area contributed by atoms with Crippen molar-refractivity contribution in [3.8, 4) is 0 Å². The van der Waals surface area contributed by atoms with E-state index in [1.54, 1.807) is 12.1 Å². The van der Waals surface area contributed by atoms with Gasteiger partial charge in [-0.15, -0.1) is 0 Å². The van der Waals surface area contributed by atoms with Crippen LogP contribution in [0, 0.1) is 0 Å². The molecule has 0 unspecified atom stereocenters. The van der Waals surface area contributed by atoms with Crippen molar-refractivity contribution in [1.82, 2.24) is 9.80 Å². The van der Waals surface area contributed by atoms with E-state index in [1.165, 1.54) is 17.7 Å². The maximum Gasteiger partial charge on any atom is 0.238 e. The Hall–Kier alpha value is -1.97. The molecule has 7 nitrogen and oxygen atoms in total. The Bertz CT molecular complexity index is 966. The van der Waals surface area contributed by atoms with Gasteiger partial charge in [0.2, 0.25) is 15.9 Å². The Kier molecular flexibility index (Phi) is 7.85. The van der Waals surface area contributed by atoms with Crippen LogP contribution in [0.5, 0.6) is 0 Å². The summed E-state index contributed by atoms with van der Waals surface area (Å²) in [4.78, 5) is 17.0. The lowest BCUT2D eigenvalue weighted by atomic mass is 10.2. The van der Waals surface area contributed by atoms with Crippen LogP contribution in [0.3, 0.4) is 0 Å². The van der Waals surface area contributed by atoms with Crippen LogP contribution >= 0.6 is 11.6 Å². The lowest BCUT2D eigenvalue weighted by molar-refractivity contribution is -0.116. The number of nitrogens with zero attached hydrogens (tertiary/aromatic N) is 2. The van der Waals surface area contributed by atoms with Crippen molar-refractivity contribution >= 4 is 33.2 Å². The molecule has 0 aromatic heterocycles. The van der Waals surface area contributed by atoms with Gasteiger partial charge >= 0.3 is 0 Å². The van der Waals surface area contributed by atoms with E-state index in [1.807, 2.05) is 12.1 Å². The number of halogens is 1. The number of anilines is 1. The zero-order valence-corrected chi connectivity index (χ0v) is 18.3. The first kappa shape index (κ1) is 22.7. The second-order valence-electron chi connectivity index (χ2n) is 7.47. The summed E-state index contributed by atoms with van der Waals surface area (Å²) in [7, 11) is -3.80. The summed E-state index contributed by atoms with van der Waals surface area (Å²) in [6.07, 6.45) is 1.39. The first-order valence-electron chi connectivity index (χ1n) is 9.91. The van der Waals surface area contributed by atoms with E-state index in [-0.39, 0.29) is 10.8 Å². The van der Waals surface area contributed by atoms with Crippen molar-refractivity contribution in [3.05, 3.63) is 59.1 Å². The van der Waals surface area contributed by atoms with Crippen LogP contribution in [0.4, 0.5) is 5.69 Å². The second kappa shape index (κ2) is 10.4. The Morgan fingerprint density at radius 3 is 2.47 bits per heavy atom. The average molecular weight is 451 g/mol. The van der Waals surface area contributed by atoms with Gasteiger partial charge in [0.25, 0.3) is 0 Å². The third kappa shape index (κ3) is 7.07. The number of hydrogen-bond acceptors (Lipinski definition) is 5. The van der Waals surface area contributed by atoms with E-state index in [9.17, 15) is 13.2 Å². The number of carbonyl (C=O) groups excluding carboxylic acids is 1. The maximum absolute atomic E-state index is 12.3. The van der Waals surface area contributed by atoms with Gasteiger partial charge < -0.3 is 10.2 Å². The van der Waals surface area contributed by atoms with Crippen LogP contribution in [0.15, 0.2) is 53.4 Å². The molecule has 2 aromatic rings. The summed E-state index contributed by atoms with van der Waals surface area (Å²) in [6, 6.07) is 13.9. The predicted molar refractivity (Wildman–Crippen MR) is 119 cm³/mol. The van der Waals surface area contributed by atoms with E-state index < -0.39 is 10.0 Å². The molecule has 1 fully saturated rings. The number of rotatable bonds is 7. The fraction of sp³-hybridized carbons (Fsp3) is 0.381. The number of nitrogens with one attached hydrogen (secondary N) is 1. The highest BCUT2D eigenvalue weighted by Gasteiger charge is 2.16. The van der Waals surface area contributed by atoms with Gasteiger partial charge in [-0.3, -0.25) is 9.69 Å². The van der Waals surface area contributed by atoms with Crippen molar-refractivity contribution in [3.63, 3.8) is 0 Å². The largest absolute Gasteiger partial charge is 0.326 e. The van der Waals surface area contributed by atoms with Crippen LogP contribution in [-0.2, 0) is 21.4 Å². The predicted octanol–water partition coefficient (Wildman–Crippen LogP) is 2.52.